The molecule has 0 aliphatic heterocycles. The van der Waals surface area contributed by atoms with E-state index >= 15 is 0 Å². The number of quaternary nitrogens is 1. The Kier molecular flexibility index (Phi) is 15.1. The molecule has 20 heavy (non-hydrogen) atoms. The molecule has 1 atom stereocenters. The van der Waals surface area contributed by atoms with Gasteiger partial charge >= 0.3 is 0 Å². The van der Waals surface area contributed by atoms with Crippen molar-refractivity contribution in [1.82, 2.24) is 6.15 Å². The van der Waals surface area contributed by atoms with Gasteiger partial charge < -0.3 is 20.2 Å². The molecule has 1 unspecified atom stereocenters. The van der Waals surface area contributed by atoms with Gasteiger partial charge in [0.1, 0.15) is 0 Å². The standard InChI is InChI=1S/C12H26O6S.H3N/c1-3-5-6-12(4-2)11-17-8-7-16-9-10-18-19(13,14)15;/h12H,3-11H2,1-2H3,(H,13,14,15);1H3. The fourth-order valence-corrected chi connectivity index (χ4v) is 1.84. The Labute approximate surface area is 122 Å². The molecule has 0 aliphatic rings. The van der Waals surface area contributed by atoms with E-state index in [-0.39, 0.29) is 19.4 Å². The van der Waals surface area contributed by atoms with Crippen LogP contribution in [0.1, 0.15) is 39.5 Å². The van der Waals surface area contributed by atoms with Crippen LogP contribution in [0.4, 0.5) is 0 Å². The topological polar surface area (TPSA) is 121 Å². The zero-order chi connectivity index (χ0) is 14.6. The van der Waals surface area contributed by atoms with E-state index in [1.165, 1.54) is 19.3 Å². The molecule has 0 saturated carbocycles. The minimum Gasteiger partial charge on any atom is -0.726 e. The van der Waals surface area contributed by atoms with Crippen LogP contribution in [0.2, 0.25) is 0 Å². The Morgan fingerprint density at radius 3 is 2.20 bits per heavy atom. The summed E-state index contributed by atoms with van der Waals surface area (Å²) in [5.41, 5.74) is 0. The molecule has 7 nitrogen and oxygen atoms in total. The van der Waals surface area contributed by atoms with Crippen LogP contribution in [0.3, 0.4) is 0 Å². The van der Waals surface area contributed by atoms with E-state index in [0.717, 1.165) is 13.0 Å². The van der Waals surface area contributed by atoms with Crippen LogP contribution in [0.5, 0.6) is 0 Å². The van der Waals surface area contributed by atoms with Crippen molar-refractivity contribution in [3.63, 3.8) is 0 Å². The smallest absolute Gasteiger partial charge is 0.217 e. The van der Waals surface area contributed by atoms with Crippen LogP contribution in [-0.4, -0.2) is 46.0 Å². The van der Waals surface area contributed by atoms with Gasteiger partial charge in [0.25, 0.3) is 0 Å². The summed E-state index contributed by atoms with van der Waals surface area (Å²) in [5, 5.41) is 0. The van der Waals surface area contributed by atoms with Crippen molar-refractivity contribution in [1.29, 1.82) is 0 Å². The number of rotatable bonds is 13. The zero-order valence-corrected chi connectivity index (χ0v) is 13.6. The van der Waals surface area contributed by atoms with Crippen LogP contribution < -0.4 is 6.15 Å². The second kappa shape index (κ2) is 13.7. The second-order valence-corrected chi connectivity index (χ2v) is 5.39. The van der Waals surface area contributed by atoms with Crippen LogP contribution >= 0.6 is 0 Å². The van der Waals surface area contributed by atoms with Crippen LogP contribution in [0.25, 0.3) is 0 Å². The Morgan fingerprint density at radius 2 is 1.65 bits per heavy atom. The van der Waals surface area contributed by atoms with Crippen molar-refractivity contribution in [2.24, 2.45) is 5.92 Å². The first kappa shape index (κ1) is 22.0. The van der Waals surface area contributed by atoms with E-state index < -0.39 is 10.4 Å². The molecule has 0 aromatic carbocycles. The van der Waals surface area contributed by atoms with Crippen LogP contribution in [-0.2, 0) is 24.1 Å². The molecule has 0 radical (unpaired) electrons. The highest BCUT2D eigenvalue weighted by Crippen LogP contribution is 2.12. The minimum atomic E-state index is -4.61. The lowest BCUT2D eigenvalue weighted by atomic mass is 10.0. The van der Waals surface area contributed by atoms with Crippen molar-refractivity contribution in [3.8, 4) is 0 Å². The molecule has 0 bridgehead atoms. The molecule has 0 amide bonds. The second-order valence-electron chi connectivity index (χ2n) is 4.33. The predicted molar refractivity (Wildman–Crippen MR) is 76.6 cm³/mol. The summed E-state index contributed by atoms with van der Waals surface area (Å²) in [6.45, 7) is 5.70. The Bertz CT molecular complexity index is 296. The molecule has 0 saturated heterocycles. The average Bonchev–Trinajstić information content (AvgIpc) is 2.35. The van der Waals surface area contributed by atoms with Gasteiger partial charge in [0.2, 0.25) is 10.4 Å². The quantitative estimate of drug-likeness (QED) is 0.315. The first-order chi connectivity index (χ1) is 8.99. The van der Waals surface area contributed by atoms with Crippen molar-refractivity contribution in [2.45, 2.75) is 39.5 Å². The third-order valence-corrected chi connectivity index (χ3v) is 3.18. The van der Waals surface area contributed by atoms with Crippen LogP contribution in [0.15, 0.2) is 0 Å². The lowest BCUT2D eigenvalue weighted by Gasteiger charge is -2.14. The maximum absolute atomic E-state index is 10.1. The third-order valence-electron chi connectivity index (χ3n) is 2.72. The molecule has 0 aliphatic carbocycles. The van der Waals surface area contributed by atoms with E-state index in [1.807, 2.05) is 0 Å². The number of hydrogen-bond donors (Lipinski definition) is 1. The lowest BCUT2D eigenvalue weighted by Crippen LogP contribution is -2.15. The Morgan fingerprint density at radius 1 is 1.05 bits per heavy atom. The van der Waals surface area contributed by atoms with Gasteiger partial charge in [-0.2, -0.15) is 0 Å². The summed E-state index contributed by atoms with van der Waals surface area (Å²) < 4.78 is 44.9. The molecule has 0 fully saturated rings. The first-order valence-electron chi connectivity index (χ1n) is 6.75. The third kappa shape index (κ3) is 15.8. The highest BCUT2D eigenvalue weighted by molar-refractivity contribution is 7.80. The molecule has 0 spiro atoms. The van der Waals surface area contributed by atoms with Crippen molar-refractivity contribution < 1.29 is 26.6 Å². The van der Waals surface area contributed by atoms with E-state index in [9.17, 15) is 13.0 Å². The summed E-state index contributed by atoms with van der Waals surface area (Å²) in [6.07, 6.45) is 4.71. The summed E-state index contributed by atoms with van der Waals surface area (Å²) >= 11 is 0. The van der Waals surface area contributed by atoms with Crippen molar-refractivity contribution in [2.75, 3.05) is 33.0 Å². The lowest BCUT2D eigenvalue weighted by molar-refractivity contribution is 0.0223. The molecule has 0 aromatic heterocycles. The highest BCUT2D eigenvalue weighted by atomic mass is 32.3. The fraction of sp³-hybridized carbons (Fsp3) is 1.00. The fourth-order valence-electron chi connectivity index (χ4n) is 1.56. The van der Waals surface area contributed by atoms with Crippen LogP contribution in [0, 0.1) is 5.92 Å². The average molecular weight is 315 g/mol. The van der Waals surface area contributed by atoms with E-state index in [1.54, 1.807) is 0 Å². The van der Waals surface area contributed by atoms with Gasteiger partial charge in [0.15, 0.2) is 0 Å². The van der Waals surface area contributed by atoms with Gasteiger partial charge in [0.05, 0.1) is 26.4 Å². The SMILES string of the molecule is CCCCC(CC)COCCOCCOS(=O)(=O)[O-].[NH4+]. The largest absolute Gasteiger partial charge is 0.726 e. The van der Waals surface area contributed by atoms with Gasteiger partial charge in [-0.1, -0.05) is 33.1 Å². The molecule has 0 heterocycles. The minimum absolute atomic E-state index is 0. The molecule has 124 valence electrons. The van der Waals surface area contributed by atoms with Crippen molar-refractivity contribution >= 4 is 10.4 Å². The monoisotopic (exact) mass is 315 g/mol. The summed E-state index contributed by atoms with van der Waals surface area (Å²) in [4.78, 5) is 0. The Balaban J connectivity index is 0. The molecule has 4 N–H and O–H groups in total. The molecular weight excluding hydrogens is 286 g/mol. The summed E-state index contributed by atoms with van der Waals surface area (Å²) in [7, 11) is -4.61. The number of ether oxygens (including phenoxy) is 2. The van der Waals surface area contributed by atoms with E-state index in [4.69, 9.17) is 9.47 Å². The van der Waals surface area contributed by atoms with Crippen molar-refractivity contribution in [3.05, 3.63) is 0 Å². The van der Waals surface area contributed by atoms with E-state index in [0.29, 0.717) is 19.1 Å². The number of hydrogen-bond acceptors (Lipinski definition) is 6. The highest BCUT2D eigenvalue weighted by Gasteiger charge is 2.05. The summed E-state index contributed by atoms with van der Waals surface area (Å²) in [6, 6.07) is 0. The zero-order valence-electron chi connectivity index (χ0n) is 12.8. The van der Waals surface area contributed by atoms with Gasteiger partial charge in [-0.3, -0.25) is 4.18 Å². The van der Waals surface area contributed by atoms with Gasteiger partial charge in [-0.25, -0.2) is 8.42 Å². The normalized spacial score (nSPS) is 12.9. The molecular formula is C12H29NO6S. The predicted octanol–water partition coefficient (Wildman–Crippen LogP) is 2.09. The maximum atomic E-state index is 10.1. The summed E-state index contributed by atoms with van der Waals surface area (Å²) in [5.74, 6) is 0.592. The first-order valence-corrected chi connectivity index (χ1v) is 8.08. The van der Waals surface area contributed by atoms with Gasteiger partial charge in [-0.15, -0.1) is 0 Å². The molecule has 8 heteroatoms. The van der Waals surface area contributed by atoms with Gasteiger partial charge in [-0.05, 0) is 12.3 Å². The van der Waals surface area contributed by atoms with Gasteiger partial charge in [0, 0.05) is 6.61 Å². The molecule has 0 aromatic rings. The number of unbranched alkanes of at least 4 members (excludes halogenated alkanes) is 1. The maximum Gasteiger partial charge on any atom is 0.217 e. The van der Waals surface area contributed by atoms with E-state index in [2.05, 4.69) is 18.0 Å². The Hall–Kier alpha value is -0.250. The molecule has 0 rings (SSSR count).